The van der Waals surface area contributed by atoms with Crippen molar-refractivity contribution < 1.29 is 27.4 Å². The van der Waals surface area contributed by atoms with Gasteiger partial charge in [0.15, 0.2) is 5.44 Å². The molecule has 5 rings (SSSR count). The summed E-state index contributed by atoms with van der Waals surface area (Å²) >= 11 is 0. The third-order valence-electron chi connectivity index (χ3n) is 7.12. The Kier molecular flexibility index (Phi) is 6.09. The van der Waals surface area contributed by atoms with E-state index in [2.05, 4.69) is 0 Å². The minimum Gasteiger partial charge on any atom is -0.384 e. The van der Waals surface area contributed by atoms with Crippen LogP contribution in [-0.2, 0) is 27.3 Å². The second kappa shape index (κ2) is 8.83. The highest BCUT2D eigenvalue weighted by Crippen LogP contribution is 2.38. The predicted molar refractivity (Wildman–Crippen MR) is 140 cm³/mol. The van der Waals surface area contributed by atoms with Gasteiger partial charge in [0.2, 0.25) is 9.84 Å². The van der Waals surface area contributed by atoms with Gasteiger partial charge in [0.1, 0.15) is 23.1 Å². The minimum atomic E-state index is -4.00. The molecule has 0 radical (unpaired) electrons. The fourth-order valence-electron chi connectivity index (χ4n) is 4.88. The van der Waals surface area contributed by atoms with Crippen molar-refractivity contribution in [2.24, 2.45) is 0 Å². The Bertz CT molecular complexity index is 1650. The summed E-state index contributed by atoms with van der Waals surface area (Å²) in [6.45, 7) is 6.95. The molecule has 1 aromatic heterocycles. The molecule has 3 aromatic carbocycles. The molecule has 0 saturated heterocycles. The quantitative estimate of drug-likeness (QED) is 0.372. The molecule has 1 aliphatic heterocycles. The van der Waals surface area contributed by atoms with Crippen molar-refractivity contribution in [1.29, 1.82) is 0 Å². The molecule has 0 amide bonds. The Morgan fingerprint density at radius 1 is 0.947 bits per heavy atom. The highest BCUT2D eigenvalue weighted by molar-refractivity contribution is 7.92. The number of aromatic nitrogens is 2. The minimum absolute atomic E-state index is 0.00421. The lowest BCUT2D eigenvalue weighted by molar-refractivity contribution is 0.0740. The summed E-state index contributed by atoms with van der Waals surface area (Å²) < 4.78 is 56.2. The summed E-state index contributed by atoms with van der Waals surface area (Å²) in [6.07, 6.45) is 1.43. The molecule has 2 heterocycles. The van der Waals surface area contributed by atoms with E-state index in [0.29, 0.717) is 33.9 Å². The summed E-state index contributed by atoms with van der Waals surface area (Å²) in [4.78, 5) is 4.52. The van der Waals surface area contributed by atoms with Gasteiger partial charge in [-0.1, -0.05) is 30.3 Å². The van der Waals surface area contributed by atoms with E-state index in [1.54, 1.807) is 67.1 Å². The number of hydrogen-bond donors (Lipinski definition) is 2. The van der Waals surface area contributed by atoms with Crippen molar-refractivity contribution >= 4 is 9.84 Å². The molecule has 0 fully saturated rings. The molecule has 0 spiro atoms. The van der Waals surface area contributed by atoms with Gasteiger partial charge in [0.25, 0.3) is 0 Å². The highest BCUT2D eigenvalue weighted by atomic mass is 32.2. The number of benzene rings is 3. The standard InChI is InChI=1S/C29H28F2N2O4S/c1-28(2,21-7-5-6-8-22(21)30)27-32-25(29(3,4)35)16-33(27)19-11-9-17(10-12-19)18-13-23(31)20-15-26(34)38(36,37)24(20)14-18/h5-14,16,26,34-35H,15H2,1-4H3. The monoisotopic (exact) mass is 538 g/mol. The van der Waals surface area contributed by atoms with E-state index >= 15 is 0 Å². The van der Waals surface area contributed by atoms with Gasteiger partial charge in [0.05, 0.1) is 16.0 Å². The Balaban J connectivity index is 1.60. The lowest BCUT2D eigenvalue weighted by Gasteiger charge is -2.26. The van der Waals surface area contributed by atoms with Crippen LogP contribution in [0.5, 0.6) is 0 Å². The molecule has 1 unspecified atom stereocenters. The number of rotatable bonds is 5. The molecule has 4 aromatic rings. The maximum atomic E-state index is 14.8. The molecule has 0 bridgehead atoms. The average molecular weight is 539 g/mol. The summed E-state index contributed by atoms with van der Waals surface area (Å²) in [5.74, 6) is -0.540. The highest BCUT2D eigenvalue weighted by Gasteiger charge is 2.38. The van der Waals surface area contributed by atoms with Crippen LogP contribution < -0.4 is 0 Å². The largest absolute Gasteiger partial charge is 0.384 e. The topological polar surface area (TPSA) is 92.4 Å². The van der Waals surface area contributed by atoms with E-state index in [4.69, 9.17) is 4.98 Å². The summed E-state index contributed by atoms with van der Waals surface area (Å²) in [6, 6.07) is 16.1. The third-order valence-corrected chi connectivity index (χ3v) is 8.98. The molecular formula is C29H28F2N2O4S. The predicted octanol–water partition coefficient (Wildman–Crippen LogP) is 5.02. The van der Waals surface area contributed by atoms with Gasteiger partial charge >= 0.3 is 0 Å². The van der Waals surface area contributed by atoms with Gasteiger partial charge in [-0.2, -0.15) is 0 Å². The SMILES string of the molecule is CC(C)(O)c1cn(-c2ccc(-c3cc(F)c4c(c3)S(=O)(=O)C(O)C4)cc2)c(C(C)(C)c2ccccc2F)n1. The van der Waals surface area contributed by atoms with E-state index in [1.165, 1.54) is 18.2 Å². The molecule has 198 valence electrons. The number of imidazole rings is 1. The van der Waals surface area contributed by atoms with E-state index in [9.17, 15) is 27.4 Å². The second-order valence-electron chi connectivity index (χ2n) is 10.7. The number of fused-ring (bicyclic) bond motifs is 1. The molecule has 6 nitrogen and oxygen atoms in total. The molecule has 2 N–H and O–H groups in total. The fraction of sp³-hybridized carbons (Fsp3) is 0.276. The van der Waals surface area contributed by atoms with Gasteiger partial charge < -0.3 is 14.8 Å². The molecular weight excluding hydrogens is 510 g/mol. The first-order chi connectivity index (χ1) is 17.7. The van der Waals surface area contributed by atoms with Crippen LogP contribution in [0.4, 0.5) is 8.78 Å². The number of nitrogens with zero attached hydrogens (tertiary/aromatic N) is 2. The Morgan fingerprint density at radius 3 is 2.24 bits per heavy atom. The Morgan fingerprint density at radius 2 is 1.61 bits per heavy atom. The van der Waals surface area contributed by atoms with Gasteiger partial charge in [-0.25, -0.2) is 22.2 Å². The Hall–Kier alpha value is -3.40. The zero-order valence-electron chi connectivity index (χ0n) is 21.4. The average Bonchev–Trinajstić information content (AvgIpc) is 3.41. The van der Waals surface area contributed by atoms with Crippen LogP contribution in [0.15, 0.2) is 71.8 Å². The summed E-state index contributed by atoms with van der Waals surface area (Å²) in [5, 5.41) is 20.5. The van der Waals surface area contributed by atoms with Gasteiger partial charge in [0, 0.05) is 29.4 Å². The van der Waals surface area contributed by atoms with Crippen LogP contribution in [0.1, 0.15) is 50.3 Å². The van der Waals surface area contributed by atoms with Crippen LogP contribution in [0.3, 0.4) is 0 Å². The van der Waals surface area contributed by atoms with Crippen molar-refractivity contribution in [2.75, 3.05) is 0 Å². The maximum absolute atomic E-state index is 14.8. The molecule has 0 aliphatic carbocycles. The van der Waals surface area contributed by atoms with Crippen LogP contribution in [0.2, 0.25) is 0 Å². The van der Waals surface area contributed by atoms with Crippen molar-refractivity contribution in [3.05, 3.63) is 101 Å². The van der Waals surface area contributed by atoms with Gasteiger partial charge in [-0.15, -0.1) is 0 Å². The van der Waals surface area contributed by atoms with Gasteiger partial charge in [-0.05, 0) is 69.2 Å². The number of sulfone groups is 1. The number of aliphatic hydroxyl groups is 2. The van der Waals surface area contributed by atoms with Crippen LogP contribution in [0, 0.1) is 11.6 Å². The third kappa shape index (κ3) is 4.24. The fourth-order valence-corrected chi connectivity index (χ4v) is 6.37. The molecule has 0 saturated carbocycles. The number of aliphatic hydroxyl groups excluding tert-OH is 1. The first-order valence-electron chi connectivity index (χ1n) is 12.1. The van der Waals surface area contributed by atoms with E-state index in [1.807, 2.05) is 13.8 Å². The zero-order valence-corrected chi connectivity index (χ0v) is 22.2. The van der Waals surface area contributed by atoms with Crippen molar-refractivity contribution in [2.45, 2.75) is 55.5 Å². The Labute approximate surface area is 220 Å². The normalized spacial score (nSPS) is 17.0. The van der Waals surface area contributed by atoms with E-state index in [0.717, 1.165) is 0 Å². The van der Waals surface area contributed by atoms with Crippen LogP contribution >= 0.6 is 0 Å². The first-order valence-corrected chi connectivity index (χ1v) is 13.7. The maximum Gasteiger partial charge on any atom is 0.205 e. The number of halogens is 2. The van der Waals surface area contributed by atoms with Crippen molar-refractivity contribution in [3.63, 3.8) is 0 Å². The lowest BCUT2D eigenvalue weighted by atomic mass is 9.83. The molecule has 1 atom stereocenters. The van der Waals surface area contributed by atoms with E-state index in [-0.39, 0.29) is 22.7 Å². The number of hydrogen-bond acceptors (Lipinski definition) is 5. The van der Waals surface area contributed by atoms with Gasteiger partial charge in [-0.3, -0.25) is 0 Å². The van der Waals surface area contributed by atoms with Crippen LogP contribution in [0.25, 0.3) is 16.8 Å². The van der Waals surface area contributed by atoms with Crippen molar-refractivity contribution in [1.82, 2.24) is 9.55 Å². The zero-order chi connectivity index (χ0) is 27.6. The second-order valence-corrected chi connectivity index (χ2v) is 12.7. The summed E-state index contributed by atoms with van der Waals surface area (Å²) in [7, 11) is -4.00. The van der Waals surface area contributed by atoms with Crippen molar-refractivity contribution in [3.8, 4) is 16.8 Å². The molecule has 9 heteroatoms. The lowest BCUT2D eigenvalue weighted by Crippen LogP contribution is -2.25. The smallest absolute Gasteiger partial charge is 0.205 e. The first kappa shape index (κ1) is 26.2. The van der Waals surface area contributed by atoms with Crippen LogP contribution in [-0.4, -0.2) is 33.6 Å². The molecule has 38 heavy (non-hydrogen) atoms. The van der Waals surface area contributed by atoms with E-state index < -0.39 is 32.1 Å². The molecule has 1 aliphatic rings. The summed E-state index contributed by atoms with van der Waals surface area (Å²) in [5.41, 5.74) is -1.31.